The fourth-order valence-corrected chi connectivity index (χ4v) is 4.98. The number of benzene rings is 2. The molecule has 1 atom stereocenters. The maximum Gasteiger partial charge on any atom is 0.244 e. The highest BCUT2D eigenvalue weighted by Crippen LogP contribution is 2.22. The van der Waals surface area contributed by atoms with E-state index >= 15 is 0 Å². The van der Waals surface area contributed by atoms with Gasteiger partial charge in [-0.3, -0.25) is 13.9 Å². The van der Waals surface area contributed by atoms with Crippen LogP contribution in [0.4, 0.5) is 10.1 Å². The van der Waals surface area contributed by atoms with Gasteiger partial charge in [-0.05, 0) is 50.1 Å². The molecule has 0 aromatic heterocycles. The van der Waals surface area contributed by atoms with Gasteiger partial charge in [0.05, 0.1) is 11.9 Å². The Morgan fingerprint density at radius 2 is 1.74 bits per heavy atom. The molecule has 10 heteroatoms. The lowest BCUT2D eigenvalue weighted by atomic mass is 10.1. The standard InChI is InChI=1S/C24H29ClFN3O4S/c1-17(24(31)27-20-8-4-5-9-20)28(15-18-7-3-6-10-22(18)26)23(30)16-29(34(2,32)33)21-13-11-19(25)12-14-21/h3,6-7,10-14,17,20H,4-5,8-9,15-16H2,1-2H3,(H,27,31)/t17-/m0/s1. The van der Waals surface area contributed by atoms with Crippen molar-refractivity contribution in [3.05, 3.63) is 64.9 Å². The minimum absolute atomic E-state index is 0.0435. The second kappa shape index (κ2) is 11.2. The smallest absolute Gasteiger partial charge is 0.244 e. The van der Waals surface area contributed by atoms with Gasteiger partial charge in [-0.15, -0.1) is 0 Å². The summed E-state index contributed by atoms with van der Waals surface area (Å²) in [6, 6.07) is 11.1. The van der Waals surface area contributed by atoms with Gasteiger partial charge in [-0.25, -0.2) is 12.8 Å². The Kier molecular flexibility index (Phi) is 8.54. The van der Waals surface area contributed by atoms with Crippen LogP contribution in [0.3, 0.4) is 0 Å². The number of halogens is 2. The van der Waals surface area contributed by atoms with Crippen molar-refractivity contribution in [2.75, 3.05) is 17.1 Å². The monoisotopic (exact) mass is 509 g/mol. The Labute approximate surface area is 204 Å². The van der Waals surface area contributed by atoms with Crippen LogP contribution in [-0.4, -0.2) is 50.0 Å². The number of amides is 2. The number of hydrogen-bond donors (Lipinski definition) is 1. The summed E-state index contributed by atoms with van der Waals surface area (Å²) in [6.45, 7) is 0.842. The first kappa shape index (κ1) is 26.0. The Morgan fingerprint density at radius 3 is 2.32 bits per heavy atom. The number of carbonyl (C=O) groups is 2. The fourth-order valence-electron chi connectivity index (χ4n) is 4.01. The van der Waals surface area contributed by atoms with Crippen molar-refractivity contribution in [2.24, 2.45) is 0 Å². The molecular weight excluding hydrogens is 481 g/mol. The number of hydrogen-bond acceptors (Lipinski definition) is 4. The molecule has 1 N–H and O–H groups in total. The van der Waals surface area contributed by atoms with E-state index in [0.29, 0.717) is 5.02 Å². The Balaban J connectivity index is 1.88. The highest BCUT2D eigenvalue weighted by molar-refractivity contribution is 7.92. The van der Waals surface area contributed by atoms with Gasteiger partial charge in [0.2, 0.25) is 21.8 Å². The second-order valence-corrected chi connectivity index (χ2v) is 10.9. The van der Waals surface area contributed by atoms with E-state index in [-0.39, 0.29) is 29.7 Å². The van der Waals surface area contributed by atoms with Crippen LogP contribution < -0.4 is 9.62 Å². The number of nitrogens with zero attached hydrogens (tertiary/aromatic N) is 2. The summed E-state index contributed by atoms with van der Waals surface area (Å²) in [5.41, 5.74) is 0.489. The van der Waals surface area contributed by atoms with Crippen molar-refractivity contribution in [1.82, 2.24) is 10.2 Å². The van der Waals surface area contributed by atoms with E-state index in [0.717, 1.165) is 36.2 Å². The Bertz CT molecular complexity index is 1120. The molecule has 0 unspecified atom stereocenters. The first-order chi connectivity index (χ1) is 16.1. The average molecular weight is 510 g/mol. The number of anilines is 1. The first-order valence-electron chi connectivity index (χ1n) is 11.1. The van der Waals surface area contributed by atoms with E-state index in [2.05, 4.69) is 5.32 Å². The summed E-state index contributed by atoms with van der Waals surface area (Å²) < 4.78 is 40.4. The lowest BCUT2D eigenvalue weighted by Gasteiger charge is -2.32. The zero-order valence-corrected chi connectivity index (χ0v) is 20.8. The first-order valence-corrected chi connectivity index (χ1v) is 13.4. The highest BCUT2D eigenvalue weighted by Gasteiger charge is 2.31. The SMILES string of the molecule is C[C@@H](C(=O)NC1CCCC1)N(Cc1ccccc1F)C(=O)CN(c1ccc(Cl)cc1)S(C)(=O)=O. The van der Waals surface area contributed by atoms with E-state index < -0.39 is 34.3 Å². The molecule has 0 bridgehead atoms. The third-order valence-corrected chi connectivity index (χ3v) is 7.35. The summed E-state index contributed by atoms with van der Waals surface area (Å²) in [5, 5.41) is 3.38. The van der Waals surface area contributed by atoms with Gasteiger partial charge < -0.3 is 10.2 Å². The van der Waals surface area contributed by atoms with Crippen molar-refractivity contribution >= 4 is 39.1 Å². The molecule has 0 spiro atoms. The summed E-state index contributed by atoms with van der Waals surface area (Å²) in [5.74, 6) is -1.49. The molecule has 0 radical (unpaired) electrons. The average Bonchev–Trinajstić information content (AvgIpc) is 3.29. The normalized spacial score (nSPS) is 15.1. The van der Waals surface area contributed by atoms with E-state index in [4.69, 9.17) is 11.6 Å². The summed E-state index contributed by atoms with van der Waals surface area (Å²) in [6.07, 6.45) is 4.80. The molecule has 2 aromatic rings. The van der Waals surface area contributed by atoms with Gasteiger partial charge in [-0.1, -0.05) is 42.6 Å². The number of nitrogens with one attached hydrogen (secondary N) is 1. The van der Waals surface area contributed by atoms with Crippen molar-refractivity contribution in [1.29, 1.82) is 0 Å². The molecule has 1 fully saturated rings. The van der Waals surface area contributed by atoms with E-state index in [1.54, 1.807) is 13.0 Å². The van der Waals surface area contributed by atoms with Crippen LogP contribution in [0, 0.1) is 5.82 Å². The molecular formula is C24H29ClFN3O4S. The highest BCUT2D eigenvalue weighted by atomic mass is 35.5. The van der Waals surface area contributed by atoms with Crippen LogP contribution in [0.1, 0.15) is 38.2 Å². The topological polar surface area (TPSA) is 86.8 Å². The van der Waals surface area contributed by atoms with Crippen molar-refractivity contribution in [2.45, 2.75) is 51.2 Å². The van der Waals surface area contributed by atoms with Gasteiger partial charge in [-0.2, -0.15) is 0 Å². The van der Waals surface area contributed by atoms with Gasteiger partial charge in [0.1, 0.15) is 18.4 Å². The van der Waals surface area contributed by atoms with E-state index in [1.165, 1.54) is 47.4 Å². The molecule has 184 valence electrons. The zero-order chi connectivity index (χ0) is 24.9. The predicted octanol–water partition coefficient (Wildman–Crippen LogP) is 3.72. The maximum atomic E-state index is 14.4. The molecule has 7 nitrogen and oxygen atoms in total. The van der Waals surface area contributed by atoms with Crippen molar-refractivity contribution < 1.29 is 22.4 Å². The largest absolute Gasteiger partial charge is 0.352 e. The molecule has 34 heavy (non-hydrogen) atoms. The van der Waals surface area contributed by atoms with Crippen LogP contribution in [0.15, 0.2) is 48.5 Å². The molecule has 2 aromatic carbocycles. The van der Waals surface area contributed by atoms with Gasteiger partial charge in [0.25, 0.3) is 0 Å². The Morgan fingerprint density at radius 1 is 1.12 bits per heavy atom. The summed E-state index contributed by atoms with van der Waals surface area (Å²) >= 11 is 5.91. The van der Waals surface area contributed by atoms with Crippen molar-refractivity contribution in [3.63, 3.8) is 0 Å². The van der Waals surface area contributed by atoms with E-state index in [1.807, 2.05) is 0 Å². The van der Waals surface area contributed by atoms with Crippen LogP contribution in [0.2, 0.25) is 5.02 Å². The minimum Gasteiger partial charge on any atom is -0.352 e. The predicted molar refractivity (Wildman–Crippen MR) is 130 cm³/mol. The number of rotatable bonds is 9. The fraction of sp³-hybridized carbons (Fsp3) is 0.417. The molecule has 0 aliphatic heterocycles. The third kappa shape index (κ3) is 6.70. The molecule has 1 saturated carbocycles. The molecule has 3 rings (SSSR count). The van der Waals surface area contributed by atoms with Crippen LogP contribution in [0.5, 0.6) is 0 Å². The number of carbonyl (C=O) groups excluding carboxylic acids is 2. The quantitative estimate of drug-likeness (QED) is 0.558. The minimum atomic E-state index is -3.84. The summed E-state index contributed by atoms with van der Waals surface area (Å²) in [7, 11) is -3.84. The second-order valence-electron chi connectivity index (χ2n) is 8.53. The third-order valence-electron chi connectivity index (χ3n) is 5.96. The molecule has 0 heterocycles. The molecule has 1 aliphatic rings. The van der Waals surface area contributed by atoms with Crippen LogP contribution in [0.25, 0.3) is 0 Å². The molecule has 0 saturated heterocycles. The lowest BCUT2D eigenvalue weighted by Crippen LogP contribution is -2.52. The number of sulfonamides is 1. The van der Waals surface area contributed by atoms with E-state index in [9.17, 15) is 22.4 Å². The van der Waals surface area contributed by atoms with Crippen molar-refractivity contribution in [3.8, 4) is 0 Å². The van der Waals surface area contributed by atoms with Crippen LogP contribution in [-0.2, 0) is 26.2 Å². The van der Waals surface area contributed by atoms with Crippen LogP contribution >= 0.6 is 11.6 Å². The molecule has 2 amide bonds. The van der Waals surface area contributed by atoms with Gasteiger partial charge in [0, 0.05) is 23.2 Å². The maximum absolute atomic E-state index is 14.4. The summed E-state index contributed by atoms with van der Waals surface area (Å²) in [4.78, 5) is 27.6. The molecule has 1 aliphatic carbocycles. The lowest BCUT2D eigenvalue weighted by molar-refractivity contribution is -0.139. The zero-order valence-electron chi connectivity index (χ0n) is 19.2. The van der Waals surface area contributed by atoms with Gasteiger partial charge in [0.15, 0.2) is 0 Å². The van der Waals surface area contributed by atoms with Gasteiger partial charge >= 0.3 is 0 Å². The Hall–Kier alpha value is -2.65.